The molecule has 0 bridgehead atoms. The quantitative estimate of drug-likeness (QED) is 0.594. The van der Waals surface area contributed by atoms with E-state index < -0.39 is 5.97 Å². The van der Waals surface area contributed by atoms with Gasteiger partial charge < -0.3 is 19.7 Å². The number of carbonyl (C=O) groups excluding carboxylic acids is 1. The van der Waals surface area contributed by atoms with Crippen molar-refractivity contribution in [1.29, 1.82) is 0 Å². The van der Waals surface area contributed by atoms with Gasteiger partial charge in [-0.2, -0.15) is 0 Å². The van der Waals surface area contributed by atoms with Gasteiger partial charge in [0.05, 0.1) is 26.2 Å². The fraction of sp³-hybridized carbons (Fsp3) is 0.158. The van der Waals surface area contributed by atoms with Gasteiger partial charge >= 0.3 is 5.97 Å². The summed E-state index contributed by atoms with van der Waals surface area (Å²) in [6, 6.07) is 9.42. The topological polar surface area (TPSA) is 93.1 Å². The van der Waals surface area contributed by atoms with Crippen LogP contribution in [0.5, 0.6) is 17.2 Å². The fourth-order valence-corrected chi connectivity index (χ4v) is 2.31. The van der Waals surface area contributed by atoms with Crippen LogP contribution in [-0.4, -0.2) is 36.2 Å². The molecule has 0 aliphatic carbocycles. The highest BCUT2D eigenvalue weighted by Crippen LogP contribution is 2.25. The predicted molar refractivity (Wildman–Crippen MR) is 92.4 cm³/mol. The van der Waals surface area contributed by atoms with Crippen LogP contribution in [0.25, 0.3) is 6.08 Å². The number of hydrogen-bond acceptors (Lipinski definition) is 5. The minimum absolute atomic E-state index is 0.149. The van der Waals surface area contributed by atoms with E-state index in [0.717, 1.165) is 0 Å². The lowest BCUT2D eigenvalue weighted by atomic mass is 10.0. The highest BCUT2D eigenvalue weighted by Gasteiger charge is 2.10. The zero-order chi connectivity index (χ0) is 18.4. The molecular formula is C19H18O6. The van der Waals surface area contributed by atoms with Crippen molar-refractivity contribution in [3.63, 3.8) is 0 Å². The van der Waals surface area contributed by atoms with Crippen LogP contribution < -0.4 is 9.47 Å². The highest BCUT2D eigenvalue weighted by atomic mass is 16.5. The predicted octanol–water partition coefficient (Wildman–Crippen LogP) is 2.93. The van der Waals surface area contributed by atoms with Crippen LogP contribution in [0.3, 0.4) is 0 Å². The van der Waals surface area contributed by atoms with Crippen LogP contribution in [0.1, 0.15) is 21.5 Å². The van der Waals surface area contributed by atoms with E-state index >= 15 is 0 Å². The summed E-state index contributed by atoms with van der Waals surface area (Å²) in [6.07, 6.45) is 2.68. The molecule has 0 spiro atoms. The number of carboxylic acids is 1. The van der Waals surface area contributed by atoms with Crippen molar-refractivity contribution in [2.75, 3.05) is 14.2 Å². The van der Waals surface area contributed by atoms with E-state index in [1.807, 2.05) is 0 Å². The van der Waals surface area contributed by atoms with Crippen LogP contribution >= 0.6 is 0 Å². The molecule has 0 amide bonds. The number of ketones is 1. The number of hydrogen-bond donors (Lipinski definition) is 2. The monoisotopic (exact) mass is 342 g/mol. The molecule has 2 aromatic rings. The molecule has 6 heteroatoms. The minimum Gasteiger partial charge on any atom is -0.507 e. The average molecular weight is 342 g/mol. The molecule has 0 atom stereocenters. The van der Waals surface area contributed by atoms with Crippen molar-refractivity contribution >= 4 is 17.8 Å². The third kappa shape index (κ3) is 4.60. The third-order valence-electron chi connectivity index (χ3n) is 3.54. The van der Waals surface area contributed by atoms with E-state index in [2.05, 4.69) is 0 Å². The second-order valence-electron chi connectivity index (χ2n) is 5.22. The average Bonchev–Trinajstić information content (AvgIpc) is 2.59. The molecule has 6 nitrogen and oxygen atoms in total. The van der Waals surface area contributed by atoms with Gasteiger partial charge in [-0.15, -0.1) is 0 Å². The first-order valence-corrected chi connectivity index (χ1v) is 7.42. The van der Waals surface area contributed by atoms with Crippen molar-refractivity contribution < 1.29 is 29.3 Å². The Morgan fingerprint density at radius 2 is 1.84 bits per heavy atom. The lowest BCUT2D eigenvalue weighted by Gasteiger charge is -2.07. The number of rotatable bonds is 7. The summed E-state index contributed by atoms with van der Waals surface area (Å²) in [4.78, 5) is 23.1. The van der Waals surface area contributed by atoms with Crippen LogP contribution in [0.15, 0.2) is 42.5 Å². The van der Waals surface area contributed by atoms with E-state index in [9.17, 15) is 14.7 Å². The fourth-order valence-electron chi connectivity index (χ4n) is 2.31. The van der Waals surface area contributed by atoms with Crippen LogP contribution in [0.4, 0.5) is 0 Å². The maximum Gasteiger partial charge on any atom is 0.307 e. The van der Waals surface area contributed by atoms with E-state index in [1.165, 1.54) is 32.4 Å². The van der Waals surface area contributed by atoms with Gasteiger partial charge in [-0.25, -0.2) is 0 Å². The SMILES string of the molecule is COc1ccc(C(=O)/C=C\c2ccc(OC)c(CC(=O)O)c2)c(O)c1. The molecule has 2 rings (SSSR count). The lowest BCUT2D eigenvalue weighted by molar-refractivity contribution is -0.136. The van der Waals surface area contributed by atoms with Crippen LogP contribution in [0, 0.1) is 0 Å². The third-order valence-corrected chi connectivity index (χ3v) is 3.54. The van der Waals surface area contributed by atoms with Gasteiger partial charge in [0.25, 0.3) is 0 Å². The van der Waals surface area contributed by atoms with E-state index in [0.29, 0.717) is 22.6 Å². The molecular weight excluding hydrogens is 324 g/mol. The Morgan fingerprint density at radius 3 is 2.44 bits per heavy atom. The molecule has 0 aromatic heterocycles. The molecule has 25 heavy (non-hydrogen) atoms. The van der Waals surface area contributed by atoms with Crippen molar-refractivity contribution in [2.24, 2.45) is 0 Å². The summed E-state index contributed by atoms with van der Waals surface area (Å²) in [6.45, 7) is 0. The molecule has 0 saturated heterocycles. The second kappa shape index (κ2) is 8.01. The minimum atomic E-state index is -0.973. The van der Waals surface area contributed by atoms with Crippen molar-refractivity contribution in [3.05, 3.63) is 59.2 Å². The van der Waals surface area contributed by atoms with Gasteiger partial charge in [0, 0.05) is 11.6 Å². The molecule has 0 fully saturated rings. The van der Waals surface area contributed by atoms with Crippen LogP contribution in [-0.2, 0) is 11.2 Å². The molecule has 130 valence electrons. The van der Waals surface area contributed by atoms with Gasteiger partial charge in [0.1, 0.15) is 17.2 Å². The molecule has 0 unspecified atom stereocenters. The largest absolute Gasteiger partial charge is 0.507 e. The second-order valence-corrected chi connectivity index (χ2v) is 5.22. The number of carbonyl (C=O) groups is 2. The zero-order valence-electron chi connectivity index (χ0n) is 13.9. The van der Waals surface area contributed by atoms with Crippen molar-refractivity contribution in [1.82, 2.24) is 0 Å². The molecule has 2 aromatic carbocycles. The van der Waals surface area contributed by atoms with E-state index in [4.69, 9.17) is 14.6 Å². The summed E-state index contributed by atoms with van der Waals surface area (Å²) in [5.74, 6) is -0.602. The van der Waals surface area contributed by atoms with Gasteiger partial charge in [0.2, 0.25) is 0 Å². The Labute approximate surface area is 144 Å². The van der Waals surface area contributed by atoms with Gasteiger partial charge in [-0.1, -0.05) is 12.1 Å². The molecule has 0 radical (unpaired) electrons. The van der Waals surface area contributed by atoms with Crippen molar-refractivity contribution in [3.8, 4) is 17.2 Å². The first-order chi connectivity index (χ1) is 11.9. The van der Waals surface area contributed by atoms with E-state index in [-0.39, 0.29) is 23.5 Å². The normalized spacial score (nSPS) is 10.6. The molecule has 0 heterocycles. The standard InChI is InChI=1S/C19H18O6/c1-24-14-5-6-15(17(21)11-14)16(20)7-3-12-4-8-18(25-2)13(9-12)10-19(22)23/h3-9,11,21H,10H2,1-2H3,(H,22,23)/b7-3-. The molecule has 0 aliphatic heterocycles. The first-order valence-electron chi connectivity index (χ1n) is 7.42. The van der Waals surface area contributed by atoms with Gasteiger partial charge in [-0.3, -0.25) is 9.59 Å². The Hall–Kier alpha value is -3.28. The van der Waals surface area contributed by atoms with Gasteiger partial charge in [-0.05, 0) is 35.9 Å². The number of benzene rings is 2. The highest BCUT2D eigenvalue weighted by molar-refractivity contribution is 6.08. The molecule has 0 saturated carbocycles. The lowest BCUT2D eigenvalue weighted by Crippen LogP contribution is -2.02. The number of phenols is 1. The number of carboxylic acid groups (broad SMARTS) is 1. The Balaban J connectivity index is 2.23. The summed E-state index contributed by atoms with van der Waals surface area (Å²) < 4.78 is 10.1. The van der Waals surface area contributed by atoms with Crippen LogP contribution in [0.2, 0.25) is 0 Å². The van der Waals surface area contributed by atoms with Gasteiger partial charge in [0.15, 0.2) is 5.78 Å². The maximum atomic E-state index is 12.2. The number of aromatic hydroxyl groups is 1. The summed E-state index contributed by atoms with van der Waals surface area (Å²) in [5, 5.41) is 18.8. The number of aliphatic carboxylic acids is 1. The Kier molecular flexibility index (Phi) is 5.79. The Morgan fingerprint density at radius 1 is 1.08 bits per heavy atom. The maximum absolute atomic E-state index is 12.2. The smallest absolute Gasteiger partial charge is 0.307 e. The zero-order valence-corrected chi connectivity index (χ0v) is 13.9. The summed E-state index contributed by atoms with van der Waals surface area (Å²) >= 11 is 0. The number of ether oxygens (including phenoxy) is 2. The summed E-state index contributed by atoms with van der Waals surface area (Å²) in [7, 11) is 2.93. The number of methoxy groups -OCH3 is 2. The van der Waals surface area contributed by atoms with Crippen molar-refractivity contribution in [2.45, 2.75) is 6.42 Å². The Bertz CT molecular complexity index is 823. The molecule has 2 N–H and O–H groups in total. The summed E-state index contributed by atoms with van der Waals surface area (Å²) in [5.41, 5.74) is 1.31. The van der Waals surface area contributed by atoms with E-state index in [1.54, 1.807) is 30.3 Å². The molecule has 0 aliphatic rings. The number of allylic oxidation sites excluding steroid dienone is 1. The first kappa shape index (κ1) is 18.1. The number of phenolic OH excluding ortho intramolecular Hbond substituents is 1.